The molecule has 2 unspecified atom stereocenters. The Morgan fingerprint density at radius 3 is 2.62 bits per heavy atom. The van der Waals surface area contributed by atoms with Crippen LogP contribution in [0.5, 0.6) is 0 Å². The molecule has 0 N–H and O–H groups in total. The van der Waals surface area contributed by atoms with Crippen molar-refractivity contribution in [1.82, 2.24) is 0 Å². The van der Waals surface area contributed by atoms with Crippen molar-refractivity contribution in [3.05, 3.63) is 34.9 Å². The maximum Gasteiger partial charge on any atom is 0.165 e. The number of hydrogen-bond donors (Lipinski definition) is 0. The number of Topliss-reactive ketones (excluding diaryl/α,β-unsaturated/α-hetero) is 1. The fourth-order valence-electron chi connectivity index (χ4n) is 1.96. The molecule has 0 aromatic heterocycles. The first-order chi connectivity index (χ1) is 7.65. The van der Waals surface area contributed by atoms with Gasteiger partial charge in [0.2, 0.25) is 0 Å². The summed E-state index contributed by atoms with van der Waals surface area (Å²) in [7, 11) is 0. The standard InChI is InChI=1S/C13H15ClO2/c1-9-2-7-13(16-9)12(15)8-10-3-5-11(14)6-4-10/h3-6,9,13H,2,7-8H2,1H3. The molecule has 0 radical (unpaired) electrons. The normalized spacial score (nSPS) is 24.6. The number of ether oxygens (including phenoxy) is 1. The summed E-state index contributed by atoms with van der Waals surface area (Å²) in [4.78, 5) is 11.9. The molecule has 0 amide bonds. The molecule has 16 heavy (non-hydrogen) atoms. The summed E-state index contributed by atoms with van der Waals surface area (Å²) in [6.45, 7) is 2.01. The molecule has 1 saturated heterocycles. The first kappa shape index (κ1) is 11.6. The first-order valence-electron chi connectivity index (χ1n) is 5.58. The molecule has 1 aromatic carbocycles. The largest absolute Gasteiger partial charge is 0.367 e. The van der Waals surface area contributed by atoms with Crippen molar-refractivity contribution in [2.24, 2.45) is 0 Å². The van der Waals surface area contributed by atoms with Crippen molar-refractivity contribution in [2.75, 3.05) is 0 Å². The Bertz CT molecular complexity index is 372. The van der Waals surface area contributed by atoms with Gasteiger partial charge in [-0.2, -0.15) is 0 Å². The quantitative estimate of drug-likeness (QED) is 0.809. The minimum Gasteiger partial charge on any atom is -0.367 e. The highest BCUT2D eigenvalue weighted by Gasteiger charge is 2.27. The van der Waals surface area contributed by atoms with Crippen LogP contribution in [0.2, 0.25) is 5.02 Å². The van der Waals surface area contributed by atoms with Gasteiger partial charge in [0, 0.05) is 11.4 Å². The number of halogens is 1. The van der Waals surface area contributed by atoms with Gasteiger partial charge in [-0.05, 0) is 37.5 Å². The topological polar surface area (TPSA) is 26.3 Å². The minimum absolute atomic E-state index is 0.173. The van der Waals surface area contributed by atoms with Gasteiger partial charge in [-0.1, -0.05) is 23.7 Å². The predicted molar refractivity (Wildman–Crippen MR) is 63.7 cm³/mol. The zero-order chi connectivity index (χ0) is 11.5. The van der Waals surface area contributed by atoms with Crippen LogP contribution < -0.4 is 0 Å². The second-order valence-corrected chi connectivity index (χ2v) is 4.72. The van der Waals surface area contributed by atoms with Crippen molar-refractivity contribution in [2.45, 2.75) is 38.4 Å². The SMILES string of the molecule is CC1CCC(C(=O)Cc2ccc(Cl)cc2)O1. The lowest BCUT2D eigenvalue weighted by molar-refractivity contribution is -0.128. The molecule has 86 valence electrons. The molecule has 3 heteroatoms. The van der Waals surface area contributed by atoms with Crippen molar-refractivity contribution in [3.63, 3.8) is 0 Å². The molecule has 0 saturated carbocycles. The van der Waals surface area contributed by atoms with Gasteiger partial charge in [-0.25, -0.2) is 0 Å². The van der Waals surface area contributed by atoms with E-state index >= 15 is 0 Å². The lowest BCUT2D eigenvalue weighted by atomic mass is 10.0. The molecule has 1 aliphatic heterocycles. The van der Waals surface area contributed by atoms with Crippen molar-refractivity contribution in [3.8, 4) is 0 Å². The van der Waals surface area contributed by atoms with Crippen LogP contribution in [0.4, 0.5) is 0 Å². The van der Waals surface area contributed by atoms with E-state index in [9.17, 15) is 4.79 Å². The third-order valence-corrected chi connectivity index (χ3v) is 3.13. The van der Waals surface area contributed by atoms with Crippen molar-refractivity contribution < 1.29 is 9.53 Å². The molecule has 2 nitrogen and oxygen atoms in total. The summed E-state index contributed by atoms with van der Waals surface area (Å²) < 4.78 is 5.54. The van der Waals surface area contributed by atoms with E-state index in [1.807, 2.05) is 31.2 Å². The number of carbonyl (C=O) groups excluding carboxylic acids is 1. The Kier molecular flexibility index (Phi) is 3.62. The second-order valence-electron chi connectivity index (χ2n) is 4.28. The van der Waals surface area contributed by atoms with E-state index in [1.54, 1.807) is 0 Å². The highest BCUT2D eigenvalue weighted by atomic mass is 35.5. The number of rotatable bonds is 3. The van der Waals surface area contributed by atoms with Gasteiger partial charge in [-0.3, -0.25) is 4.79 Å². The Morgan fingerprint density at radius 1 is 1.38 bits per heavy atom. The highest BCUT2D eigenvalue weighted by Crippen LogP contribution is 2.21. The van der Waals surface area contributed by atoms with E-state index in [0.29, 0.717) is 11.4 Å². The van der Waals surface area contributed by atoms with Crippen LogP contribution in [0.25, 0.3) is 0 Å². The van der Waals surface area contributed by atoms with E-state index in [0.717, 1.165) is 18.4 Å². The van der Waals surface area contributed by atoms with Gasteiger partial charge in [0.25, 0.3) is 0 Å². The average molecular weight is 239 g/mol. The summed E-state index contributed by atoms with van der Waals surface area (Å²) in [6, 6.07) is 7.39. The molecule has 1 heterocycles. The number of benzene rings is 1. The summed E-state index contributed by atoms with van der Waals surface area (Å²) in [5.41, 5.74) is 0.998. The third kappa shape index (κ3) is 2.83. The summed E-state index contributed by atoms with van der Waals surface area (Å²) in [5, 5.41) is 0.696. The van der Waals surface area contributed by atoms with E-state index in [-0.39, 0.29) is 18.0 Å². The van der Waals surface area contributed by atoms with Gasteiger partial charge in [-0.15, -0.1) is 0 Å². The maximum atomic E-state index is 11.9. The predicted octanol–water partition coefficient (Wildman–Crippen LogP) is 3.02. The fraction of sp³-hybridized carbons (Fsp3) is 0.462. The highest BCUT2D eigenvalue weighted by molar-refractivity contribution is 6.30. The summed E-state index contributed by atoms with van der Waals surface area (Å²) >= 11 is 5.78. The molecule has 0 aliphatic carbocycles. The van der Waals surface area contributed by atoms with E-state index in [2.05, 4.69) is 0 Å². The lowest BCUT2D eigenvalue weighted by Crippen LogP contribution is -2.22. The average Bonchev–Trinajstić information content (AvgIpc) is 2.68. The van der Waals surface area contributed by atoms with Crippen LogP contribution in [0.15, 0.2) is 24.3 Å². The molecule has 0 spiro atoms. The molecule has 1 aromatic rings. The second kappa shape index (κ2) is 4.98. The van der Waals surface area contributed by atoms with E-state index in [1.165, 1.54) is 0 Å². The molecule has 1 fully saturated rings. The fourth-order valence-corrected chi connectivity index (χ4v) is 2.08. The lowest BCUT2D eigenvalue weighted by Gasteiger charge is -2.09. The molecular formula is C13H15ClO2. The van der Waals surface area contributed by atoms with E-state index in [4.69, 9.17) is 16.3 Å². The van der Waals surface area contributed by atoms with Gasteiger partial charge in [0.15, 0.2) is 5.78 Å². The summed E-state index contributed by atoms with van der Waals surface area (Å²) in [6.07, 6.45) is 2.30. The molecule has 2 rings (SSSR count). The van der Waals surface area contributed by atoms with Crippen LogP contribution in [0, 0.1) is 0 Å². The molecule has 0 bridgehead atoms. The summed E-state index contributed by atoms with van der Waals surface area (Å²) in [5.74, 6) is 0.173. The van der Waals surface area contributed by atoms with Crippen LogP contribution in [0.1, 0.15) is 25.3 Å². The van der Waals surface area contributed by atoms with Gasteiger partial charge < -0.3 is 4.74 Å². The van der Waals surface area contributed by atoms with Crippen LogP contribution in [-0.2, 0) is 16.0 Å². The Balaban J connectivity index is 1.94. The zero-order valence-electron chi connectivity index (χ0n) is 9.28. The van der Waals surface area contributed by atoms with Gasteiger partial charge in [0.05, 0.1) is 6.10 Å². The first-order valence-corrected chi connectivity index (χ1v) is 5.95. The van der Waals surface area contributed by atoms with Crippen LogP contribution in [-0.4, -0.2) is 18.0 Å². The molecular weight excluding hydrogens is 224 g/mol. The Morgan fingerprint density at radius 2 is 2.06 bits per heavy atom. The molecule has 1 aliphatic rings. The minimum atomic E-state index is -0.203. The van der Waals surface area contributed by atoms with Crippen LogP contribution in [0.3, 0.4) is 0 Å². The number of hydrogen-bond acceptors (Lipinski definition) is 2. The third-order valence-electron chi connectivity index (χ3n) is 2.88. The smallest absolute Gasteiger partial charge is 0.165 e. The Hall–Kier alpha value is -0.860. The number of carbonyl (C=O) groups is 1. The van der Waals surface area contributed by atoms with Crippen molar-refractivity contribution in [1.29, 1.82) is 0 Å². The zero-order valence-corrected chi connectivity index (χ0v) is 10.0. The number of ketones is 1. The van der Waals surface area contributed by atoms with E-state index < -0.39 is 0 Å². The monoisotopic (exact) mass is 238 g/mol. The van der Waals surface area contributed by atoms with Gasteiger partial charge >= 0.3 is 0 Å². The van der Waals surface area contributed by atoms with Crippen molar-refractivity contribution >= 4 is 17.4 Å². The van der Waals surface area contributed by atoms with Gasteiger partial charge in [0.1, 0.15) is 6.10 Å². The maximum absolute atomic E-state index is 11.9. The van der Waals surface area contributed by atoms with Crippen LogP contribution >= 0.6 is 11.6 Å². The molecule has 2 atom stereocenters. The Labute approximate surface area is 101 Å².